The van der Waals surface area contributed by atoms with E-state index in [1.807, 2.05) is 51.1 Å². The Kier molecular flexibility index (Phi) is 5.21. The Morgan fingerprint density at radius 1 is 1.19 bits per heavy atom. The first kappa shape index (κ1) is 18.9. The molecule has 7 nitrogen and oxygen atoms in total. The van der Waals surface area contributed by atoms with E-state index in [1.54, 1.807) is 29.0 Å². The SMILES string of the molecule is Cn1cc(N2CCN(C(=O)OC(c3ccccc3)C(C)(C)C)CC2=O)cn1. The molecule has 1 fully saturated rings. The monoisotopic (exact) mass is 370 g/mol. The first-order chi connectivity index (χ1) is 12.8. The molecule has 27 heavy (non-hydrogen) atoms. The highest BCUT2D eigenvalue weighted by atomic mass is 16.6. The van der Waals surface area contributed by atoms with Crippen molar-refractivity contribution >= 4 is 17.7 Å². The van der Waals surface area contributed by atoms with E-state index >= 15 is 0 Å². The molecule has 0 radical (unpaired) electrons. The summed E-state index contributed by atoms with van der Waals surface area (Å²) in [5.41, 5.74) is 1.42. The van der Waals surface area contributed by atoms with Crippen molar-refractivity contribution in [3.8, 4) is 0 Å². The van der Waals surface area contributed by atoms with Crippen LogP contribution in [-0.4, -0.2) is 46.3 Å². The molecule has 2 aromatic rings. The third-order valence-corrected chi connectivity index (χ3v) is 4.59. The van der Waals surface area contributed by atoms with Gasteiger partial charge in [0.1, 0.15) is 12.6 Å². The second-order valence-electron chi connectivity index (χ2n) is 7.88. The summed E-state index contributed by atoms with van der Waals surface area (Å²) in [5, 5.41) is 4.10. The normalized spacial score (nSPS) is 16.4. The number of nitrogens with zero attached hydrogens (tertiary/aromatic N) is 4. The lowest BCUT2D eigenvalue weighted by Crippen LogP contribution is -2.52. The number of aromatic nitrogens is 2. The summed E-state index contributed by atoms with van der Waals surface area (Å²) in [4.78, 5) is 28.4. The predicted octanol–water partition coefficient (Wildman–Crippen LogP) is 2.99. The summed E-state index contributed by atoms with van der Waals surface area (Å²) in [7, 11) is 1.80. The Bertz CT molecular complexity index is 810. The fourth-order valence-electron chi connectivity index (χ4n) is 3.20. The smallest absolute Gasteiger partial charge is 0.410 e. The minimum absolute atomic E-state index is 0.000615. The summed E-state index contributed by atoms with van der Waals surface area (Å²) in [5.74, 6) is -0.141. The molecule has 0 bridgehead atoms. The number of piperazine rings is 1. The van der Waals surface area contributed by atoms with Crippen molar-refractivity contribution in [2.45, 2.75) is 26.9 Å². The lowest BCUT2D eigenvalue weighted by Gasteiger charge is -2.36. The van der Waals surface area contributed by atoms with Crippen LogP contribution in [0.5, 0.6) is 0 Å². The maximum Gasteiger partial charge on any atom is 0.410 e. The molecular weight excluding hydrogens is 344 g/mol. The van der Waals surface area contributed by atoms with Gasteiger partial charge in [-0.2, -0.15) is 5.10 Å². The summed E-state index contributed by atoms with van der Waals surface area (Å²) < 4.78 is 7.48. The van der Waals surface area contributed by atoms with Crippen LogP contribution in [0.15, 0.2) is 42.7 Å². The number of aryl methyl sites for hydroxylation is 1. The van der Waals surface area contributed by atoms with Gasteiger partial charge in [0.25, 0.3) is 0 Å². The molecule has 1 aromatic heterocycles. The maximum atomic E-state index is 12.7. The van der Waals surface area contributed by atoms with Crippen LogP contribution < -0.4 is 4.90 Å². The van der Waals surface area contributed by atoms with Crippen LogP contribution >= 0.6 is 0 Å². The highest BCUT2D eigenvalue weighted by Crippen LogP contribution is 2.36. The van der Waals surface area contributed by atoms with Crippen LogP contribution in [0.2, 0.25) is 0 Å². The second kappa shape index (κ2) is 7.42. The maximum absolute atomic E-state index is 12.7. The minimum atomic E-state index is -0.460. The van der Waals surface area contributed by atoms with Crippen molar-refractivity contribution in [1.29, 1.82) is 0 Å². The van der Waals surface area contributed by atoms with Gasteiger partial charge in [-0.25, -0.2) is 4.79 Å². The number of amides is 2. The summed E-state index contributed by atoms with van der Waals surface area (Å²) in [6, 6.07) is 9.70. The van der Waals surface area contributed by atoms with E-state index in [1.165, 1.54) is 4.90 Å². The fraction of sp³-hybridized carbons (Fsp3) is 0.450. The molecule has 0 spiro atoms. The van der Waals surface area contributed by atoms with Crippen LogP contribution in [0, 0.1) is 5.41 Å². The molecule has 144 valence electrons. The van der Waals surface area contributed by atoms with Crippen LogP contribution in [0.1, 0.15) is 32.4 Å². The number of rotatable bonds is 3. The molecule has 3 rings (SSSR count). The van der Waals surface area contributed by atoms with Gasteiger partial charge in [0.2, 0.25) is 5.91 Å². The van der Waals surface area contributed by atoms with Crippen molar-refractivity contribution < 1.29 is 14.3 Å². The Morgan fingerprint density at radius 2 is 1.89 bits per heavy atom. The van der Waals surface area contributed by atoms with Crippen molar-refractivity contribution in [2.75, 3.05) is 24.5 Å². The van der Waals surface area contributed by atoms with E-state index in [2.05, 4.69) is 5.10 Å². The van der Waals surface area contributed by atoms with Gasteiger partial charge in [0, 0.05) is 31.7 Å². The molecule has 0 aliphatic carbocycles. The van der Waals surface area contributed by atoms with Gasteiger partial charge in [-0.05, 0) is 5.56 Å². The van der Waals surface area contributed by atoms with E-state index in [4.69, 9.17) is 4.74 Å². The molecule has 7 heteroatoms. The molecule has 1 atom stereocenters. The number of carbonyl (C=O) groups excluding carboxylic acids is 2. The third-order valence-electron chi connectivity index (χ3n) is 4.59. The van der Waals surface area contributed by atoms with E-state index < -0.39 is 12.2 Å². The Labute approximate surface area is 159 Å². The van der Waals surface area contributed by atoms with Crippen molar-refractivity contribution in [2.24, 2.45) is 12.5 Å². The summed E-state index contributed by atoms with van der Waals surface area (Å²) in [6.07, 6.45) is 2.59. The number of hydrogen-bond acceptors (Lipinski definition) is 4. The fourth-order valence-corrected chi connectivity index (χ4v) is 3.20. The molecule has 0 saturated carbocycles. The summed E-state index contributed by atoms with van der Waals surface area (Å²) in [6.45, 7) is 6.94. The minimum Gasteiger partial charge on any atom is -0.441 e. The molecule has 1 aliphatic heterocycles. The Balaban J connectivity index is 1.68. The average molecular weight is 370 g/mol. The van der Waals surface area contributed by atoms with Gasteiger partial charge in [-0.1, -0.05) is 51.1 Å². The predicted molar refractivity (Wildman–Crippen MR) is 102 cm³/mol. The van der Waals surface area contributed by atoms with Crippen molar-refractivity contribution in [1.82, 2.24) is 14.7 Å². The van der Waals surface area contributed by atoms with Gasteiger partial charge in [0.15, 0.2) is 0 Å². The van der Waals surface area contributed by atoms with E-state index in [0.717, 1.165) is 11.3 Å². The first-order valence-corrected chi connectivity index (χ1v) is 9.05. The Hall–Kier alpha value is -2.83. The standard InChI is InChI=1S/C20H26N4O3/c1-20(2,3)18(15-8-6-5-7-9-15)27-19(26)23-10-11-24(17(25)14-23)16-12-21-22(4)13-16/h5-9,12-13,18H,10-11,14H2,1-4H3. The van der Waals surface area contributed by atoms with Crippen molar-refractivity contribution in [3.63, 3.8) is 0 Å². The van der Waals surface area contributed by atoms with Crippen molar-refractivity contribution in [3.05, 3.63) is 48.3 Å². The first-order valence-electron chi connectivity index (χ1n) is 9.05. The van der Waals surface area contributed by atoms with Gasteiger partial charge < -0.3 is 9.64 Å². The Morgan fingerprint density at radius 3 is 2.44 bits per heavy atom. The zero-order valence-electron chi connectivity index (χ0n) is 16.3. The number of ether oxygens (including phenoxy) is 1. The van der Waals surface area contributed by atoms with Crippen LogP contribution in [0.4, 0.5) is 10.5 Å². The van der Waals surface area contributed by atoms with Crippen LogP contribution in [-0.2, 0) is 16.6 Å². The molecule has 1 unspecified atom stereocenters. The van der Waals surface area contributed by atoms with E-state index in [9.17, 15) is 9.59 Å². The molecule has 1 aromatic carbocycles. The average Bonchev–Trinajstić information content (AvgIpc) is 3.05. The molecule has 2 heterocycles. The quantitative estimate of drug-likeness (QED) is 0.833. The number of benzene rings is 1. The molecule has 1 aliphatic rings. The molecular formula is C20H26N4O3. The zero-order valence-corrected chi connectivity index (χ0v) is 16.3. The van der Waals surface area contributed by atoms with Gasteiger partial charge in [-0.3, -0.25) is 14.4 Å². The molecule has 2 amide bonds. The number of hydrogen-bond donors (Lipinski definition) is 0. The zero-order chi connectivity index (χ0) is 19.6. The summed E-state index contributed by atoms with van der Waals surface area (Å²) >= 11 is 0. The van der Waals surface area contributed by atoms with Gasteiger partial charge in [-0.15, -0.1) is 0 Å². The second-order valence-corrected chi connectivity index (χ2v) is 7.88. The topological polar surface area (TPSA) is 67.7 Å². The van der Waals surface area contributed by atoms with Crippen LogP contribution in [0.25, 0.3) is 0 Å². The van der Waals surface area contributed by atoms with E-state index in [-0.39, 0.29) is 17.9 Å². The van der Waals surface area contributed by atoms with E-state index in [0.29, 0.717) is 13.1 Å². The molecule has 0 N–H and O–H groups in total. The van der Waals surface area contributed by atoms with Gasteiger partial charge in [0.05, 0.1) is 11.9 Å². The molecule has 1 saturated heterocycles. The highest BCUT2D eigenvalue weighted by molar-refractivity contribution is 5.97. The highest BCUT2D eigenvalue weighted by Gasteiger charge is 2.34. The number of carbonyl (C=O) groups is 2. The number of anilines is 1. The largest absolute Gasteiger partial charge is 0.441 e. The lowest BCUT2D eigenvalue weighted by molar-refractivity contribution is -0.121. The third kappa shape index (κ3) is 4.30. The lowest BCUT2D eigenvalue weighted by atomic mass is 9.84. The van der Waals surface area contributed by atoms with Crippen LogP contribution in [0.3, 0.4) is 0 Å². The van der Waals surface area contributed by atoms with Gasteiger partial charge >= 0.3 is 6.09 Å².